The molecular weight excluding hydrogens is 288 g/mol. The first kappa shape index (κ1) is 14.6. The summed E-state index contributed by atoms with van der Waals surface area (Å²) in [6.45, 7) is 4.01. The van der Waals surface area contributed by atoms with Crippen LogP contribution < -0.4 is 15.8 Å². The number of nitrogen functional groups attached to an aromatic ring is 1. The lowest BCUT2D eigenvalue weighted by molar-refractivity contribution is 0.133. The van der Waals surface area contributed by atoms with E-state index in [1.165, 1.54) is 31.9 Å². The summed E-state index contributed by atoms with van der Waals surface area (Å²) >= 11 is 0. The molecule has 21 heavy (non-hydrogen) atoms. The second kappa shape index (κ2) is 5.47. The maximum absolute atomic E-state index is 11.5. The molecule has 2 aliphatic heterocycles. The van der Waals surface area contributed by atoms with E-state index >= 15 is 0 Å². The molecule has 116 valence electrons. The second-order valence-corrected chi connectivity index (χ2v) is 7.50. The third kappa shape index (κ3) is 3.14. The van der Waals surface area contributed by atoms with Crippen molar-refractivity contribution in [2.75, 3.05) is 36.8 Å². The molecule has 2 fully saturated rings. The number of benzene rings is 1. The van der Waals surface area contributed by atoms with Crippen LogP contribution in [0.1, 0.15) is 19.3 Å². The third-order valence-electron chi connectivity index (χ3n) is 4.44. The average Bonchev–Trinajstić information content (AvgIpc) is 2.45. The third-order valence-corrected chi connectivity index (χ3v) is 5.34. The minimum absolute atomic E-state index is 0.0866. The highest BCUT2D eigenvalue weighted by atomic mass is 32.2. The molecule has 4 N–H and O–H groups in total. The number of nitrogens with two attached hydrogens (primary N) is 2. The standard InChI is InChI=1S/C14H22N4O2S/c15-11-7-13(9-14(8-11)21(16,19)20)18-6-5-17-4-2-1-3-12(17)10-18/h7-9,12H,1-6,10,15H2,(H2,16,19,20). The van der Waals surface area contributed by atoms with Gasteiger partial charge in [-0.3, -0.25) is 4.90 Å². The van der Waals surface area contributed by atoms with Crippen LogP contribution in [0.5, 0.6) is 0 Å². The molecule has 2 heterocycles. The Morgan fingerprint density at radius 1 is 1.10 bits per heavy atom. The number of hydrogen-bond acceptors (Lipinski definition) is 5. The summed E-state index contributed by atoms with van der Waals surface area (Å²) in [4.78, 5) is 4.84. The molecule has 0 amide bonds. The average molecular weight is 310 g/mol. The fourth-order valence-electron chi connectivity index (χ4n) is 3.34. The number of primary sulfonamides is 1. The Kier molecular flexibility index (Phi) is 3.81. The zero-order valence-corrected chi connectivity index (χ0v) is 12.8. The number of anilines is 2. The molecule has 6 nitrogen and oxygen atoms in total. The van der Waals surface area contributed by atoms with Crippen LogP contribution in [0.3, 0.4) is 0 Å². The molecule has 0 bridgehead atoms. The normalized spacial score (nSPS) is 23.9. The van der Waals surface area contributed by atoms with Gasteiger partial charge in [-0.1, -0.05) is 6.42 Å². The number of sulfonamides is 1. The van der Waals surface area contributed by atoms with Crippen LogP contribution >= 0.6 is 0 Å². The first-order chi connectivity index (χ1) is 9.93. The summed E-state index contributed by atoms with van der Waals surface area (Å²) in [7, 11) is -3.73. The van der Waals surface area contributed by atoms with E-state index in [1.807, 2.05) is 6.07 Å². The van der Waals surface area contributed by atoms with E-state index in [0.717, 1.165) is 25.3 Å². The Balaban J connectivity index is 1.85. The van der Waals surface area contributed by atoms with E-state index < -0.39 is 10.0 Å². The van der Waals surface area contributed by atoms with Gasteiger partial charge in [0.1, 0.15) is 0 Å². The smallest absolute Gasteiger partial charge is 0.238 e. The van der Waals surface area contributed by atoms with Crippen molar-refractivity contribution < 1.29 is 8.42 Å². The first-order valence-corrected chi connectivity index (χ1v) is 8.90. The first-order valence-electron chi connectivity index (χ1n) is 7.36. The van der Waals surface area contributed by atoms with Crippen molar-refractivity contribution in [1.82, 2.24) is 4.90 Å². The Bertz CT molecular complexity index is 632. The molecule has 0 radical (unpaired) electrons. The van der Waals surface area contributed by atoms with E-state index in [2.05, 4.69) is 9.80 Å². The SMILES string of the molecule is Nc1cc(N2CCN3CCCCC3C2)cc(S(N)(=O)=O)c1. The summed E-state index contributed by atoms with van der Waals surface area (Å²) in [5.74, 6) is 0. The van der Waals surface area contributed by atoms with Gasteiger partial charge in [-0.15, -0.1) is 0 Å². The molecule has 1 atom stereocenters. The maximum Gasteiger partial charge on any atom is 0.238 e. The topological polar surface area (TPSA) is 92.7 Å². The van der Waals surface area contributed by atoms with Gasteiger partial charge >= 0.3 is 0 Å². The van der Waals surface area contributed by atoms with Gasteiger partial charge in [-0.25, -0.2) is 13.6 Å². The van der Waals surface area contributed by atoms with Crippen molar-refractivity contribution in [2.24, 2.45) is 5.14 Å². The predicted molar refractivity (Wildman–Crippen MR) is 83.7 cm³/mol. The van der Waals surface area contributed by atoms with Gasteiger partial charge in [-0.2, -0.15) is 0 Å². The number of rotatable bonds is 2. The van der Waals surface area contributed by atoms with Gasteiger partial charge in [0.25, 0.3) is 0 Å². The molecule has 0 aliphatic carbocycles. The molecule has 1 unspecified atom stereocenters. The van der Waals surface area contributed by atoms with Crippen molar-refractivity contribution in [3.8, 4) is 0 Å². The van der Waals surface area contributed by atoms with Crippen LogP contribution in [-0.4, -0.2) is 45.5 Å². The zero-order valence-electron chi connectivity index (χ0n) is 12.0. The van der Waals surface area contributed by atoms with Crippen molar-refractivity contribution in [3.63, 3.8) is 0 Å². The molecular formula is C14H22N4O2S. The number of hydrogen-bond donors (Lipinski definition) is 2. The summed E-state index contributed by atoms with van der Waals surface area (Å²) < 4.78 is 23.1. The van der Waals surface area contributed by atoms with Crippen LogP contribution in [0.4, 0.5) is 11.4 Å². The van der Waals surface area contributed by atoms with E-state index in [4.69, 9.17) is 10.9 Å². The van der Waals surface area contributed by atoms with Gasteiger partial charge in [0.05, 0.1) is 4.90 Å². The molecule has 0 aromatic heterocycles. The highest BCUT2D eigenvalue weighted by Crippen LogP contribution is 2.28. The number of piperazine rings is 1. The Labute approximate surface area is 125 Å². The number of fused-ring (bicyclic) bond motifs is 1. The summed E-state index contributed by atoms with van der Waals surface area (Å²) in [5, 5.41) is 5.22. The highest BCUT2D eigenvalue weighted by molar-refractivity contribution is 7.89. The molecule has 0 spiro atoms. The molecule has 1 aromatic rings. The second-order valence-electron chi connectivity index (χ2n) is 5.94. The minimum atomic E-state index is -3.73. The largest absolute Gasteiger partial charge is 0.399 e. The van der Waals surface area contributed by atoms with Gasteiger partial charge in [0.2, 0.25) is 10.0 Å². The van der Waals surface area contributed by atoms with E-state index in [9.17, 15) is 8.42 Å². The lowest BCUT2D eigenvalue weighted by atomic mass is 9.99. The Morgan fingerprint density at radius 3 is 2.67 bits per heavy atom. The fraction of sp³-hybridized carbons (Fsp3) is 0.571. The van der Waals surface area contributed by atoms with E-state index in [-0.39, 0.29) is 4.90 Å². The van der Waals surface area contributed by atoms with Crippen molar-refractivity contribution in [2.45, 2.75) is 30.2 Å². The summed E-state index contributed by atoms with van der Waals surface area (Å²) in [6.07, 6.45) is 3.76. The fourth-order valence-corrected chi connectivity index (χ4v) is 3.93. The van der Waals surface area contributed by atoms with Crippen molar-refractivity contribution >= 4 is 21.4 Å². The van der Waals surface area contributed by atoms with Gasteiger partial charge in [0, 0.05) is 37.1 Å². The molecule has 7 heteroatoms. The van der Waals surface area contributed by atoms with Crippen LogP contribution in [0, 0.1) is 0 Å². The van der Waals surface area contributed by atoms with Crippen molar-refractivity contribution in [3.05, 3.63) is 18.2 Å². The van der Waals surface area contributed by atoms with Crippen LogP contribution in [-0.2, 0) is 10.0 Å². The predicted octanol–water partition coefficient (Wildman–Crippen LogP) is 0.591. The summed E-state index contributed by atoms with van der Waals surface area (Å²) in [5.41, 5.74) is 7.12. The quantitative estimate of drug-likeness (QED) is 0.780. The van der Waals surface area contributed by atoms with Gasteiger partial charge < -0.3 is 10.6 Å². The van der Waals surface area contributed by atoms with E-state index in [0.29, 0.717) is 11.7 Å². The van der Waals surface area contributed by atoms with Crippen LogP contribution in [0.15, 0.2) is 23.1 Å². The van der Waals surface area contributed by atoms with Crippen LogP contribution in [0.25, 0.3) is 0 Å². The number of piperidine rings is 1. The molecule has 0 saturated carbocycles. The van der Waals surface area contributed by atoms with Gasteiger partial charge in [0.15, 0.2) is 0 Å². The number of nitrogens with zero attached hydrogens (tertiary/aromatic N) is 2. The maximum atomic E-state index is 11.5. The molecule has 1 aromatic carbocycles. The summed E-state index contributed by atoms with van der Waals surface area (Å²) in [6, 6.07) is 5.43. The lowest BCUT2D eigenvalue weighted by Gasteiger charge is -2.45. The Hall–Kier alpha value is -1.31. The molecule has 2 aliphatic rings. The van der Waals surface area contributed by atoms with Crippen molar-refractivity contribution in [1.29, 1.82) is 0 Å². The highest BCUT2D eigenvalue weighted by Gasteiger charge is 2.29. The monoisotopic (exact) mass is 310 g/mol. The lowest BCUT2D eigenvalue weighted by Crippen LogP contribution is -2.54. The molecule has 3 rings (SSSR count). The molecule has 2 saturated heterocycles. The minimum Gasteiger partial charge on any atom is -0.399 e. The van der Waals surface area contributed by atoms with Crippen LogP contribution in [0.2, 0.25) is 0 Å². The van der Waals surface area contributed by atoms with Gasteiger partial charge in [-0.05, 0) is 37.6 Å². The van der Waals surface area contributed by atoms with E-state index in [1.54, 1.807) is 6.07 Å². The Morgan fingerprint density at radius 2 is 1.90 bits per heavy atom. The zero-order chi connectivity index (χ0) is 15.0.